The molecule has 3 aromatic heterocycles. The highest BCUT2D eigenvalue weighted by Gasteiger charge is 2.41. The van der Waals surface area contributed by atoms with Gasteiger partial charge in [0.2, 0.25) is 7.28 Å². The van der Waals surface area contributed by atoms with Gasteiger partial charge in [0.15, 0.2) is 0 Å². The van der Waals surface area contributed by atoms with Gasteiger partial charge in [-0.15, -0.1) is 0 Å². The molecule has 5 nitrogen and oxygen atoms in total. The molecule has 0 fully saturated rings. The molecule has 11 aromatic rings. The Kier molecular flexibility index (Phi) is 9.60. The van der Waals surface area contributed by atoms with Crippen LogP contribution >= 0.6 is 0 Å². The van der Waals surface area contributed by atoms with Crippen LogP contribution in [0.25, 0.3) is 77.1 Å². The fourth-order valence-corrected chi connectivity index (χ4v) is 12.1. The number of anilines is 5. The number of hydrogen-bond acceptors (Lipinski definition) is 5. The van der Waals surface area contributed by atoms with Gasteiger partial charge in [-0.3, -0.25) is 0 Å². The summed E-state index contributed by atoms with van der Waals surface area (Å²) in [6.45, 7) is 23.3. The molecule has 0 saturated carbocycles. The standard InChI is InChI=1S/C66H61BN2O3/c1-63(2,3)39-24-27-41(28-25-39)68-60-44(29-31-53-57(60)43-21-15-17-23-52(43)70-53)58-56-42-20-14-16-22-51(42)71-55(56)37-50-59(58)67-62-61(46-35-47-48(36-54(46)72-62)66(9,10)33-32-65(47,7)8)69(50)49-30-26-40(64(4,5)6)34-45(49)38-18-12-11-13-19-38/h11-31,34-37,67-68H,32-33H2,1-10H3. The van der Waals surface area contributed by atoms with E-state index in [0.29, 0.717) is 7.28 Å². The van der Waals surface area contributed by atoms with Gasteiger partial charge in [0.05, 0.1) is 28.1 Å². The molecule has 1 aliphatic heterocycles. The molecule has 0 unspecified atom stereocenters. The number of hydrogen-bond donors (Lipinski definition) is 1. The highest BCUT2D eigenvalue weighted by atomic mass is 16.3. The van der Waals surface area contributed by atoms with E-state index >= 15 is 0 Å². The van der Waals surface area contributed by atoms with E-state index in [1.165, 1.54) is 27.7 Å². The van der Waals surface area contributed by atoms with E-state index in [0.717, 1.165) is 124 Å². The lowest BCUT2D eigenvalue weighted by molar-refractivity contribution is 0.332. The lowest BCUT2D eigenvalue weighted by Gasteiger charge is -2.42. The fourth-order valence-electron chi connectivity index (χ4n) is 12.1. The topological polar surface area (TPSA) is 54.7 Å². The largest absolute Gasteiger partial charge is 0.469 e. The molecule has 0 bridgehead atoms. The summed E-state index contributed by atoms with van der Waals surface area (Å²) in [5.41, 5.74) is 21.5. The lowest BCUT2D eigenvalue weighted by atomic mass is 9.60. The first-order valence-corrected chi connectivity index (χ1v) is 25.8. The molecule has 4 heterocycles. The Morgan fingerprint density at radius 3 is 1.79 bits per heavy atom. The highest BCUT2D eigenvalue weighted by Crippen LogP contribution is 2.53. The second kappa shape index (κ2) is 15.5. The molecule has 13 rings (SSSR count). The van der Waals surface area contributed by atoms with Crippen LogP contribution in [0.3, 0.4) is 0 Å². The molecule has 0 atom stereocenters. The SMILES string of the molecule is CC(C)(C)c1ccc(Nc2c(-c3c4c(cc5oc6ccccc6c35)N(c3ccc(C(C)(C)C)cc3-c3ccccc3)c3c(oc5cc6c(cc35)C(C)(C)CCC6(C)C)B4)ccc3oc4ccccc4c23)cc1. The zero-order chi connectivity index (χ0) is 49.6. The second-order valence-corrected chi connectivity index (χ2v) is 24.0. The van der Waals surface area contributed by atoms with Gasteiger partial charge in [-0.1, -0.05) is 154 Å². The van der Waals surface area contributed by atoms with Crippen molar-refractivity contribution in [3.8, 4) is 22.3 Å². The van der Waals surface area contributed by atoms with Crippen LogP contribution in [0.15, 0.2) is 165 Å². The summed E-state index contributed by atoms with van der Waals surface area (Å²) in [7, 11) is 0.572. The maximum absolute atomic E-state index is 7.41. The minimum atomic E-state index is -0.0766. The van der Waals surface area contributed by atoms with Gasteiger partial charge >= 0.3 is 0 Å². The van der Waals surface area contributed by atoms with E-state index in [9.17, 15) is 0 Å². The number of furan rings is 3. The zero-order valence-electron chi connectivity index (χ0n) is 43.2. The molecule has 356 valence electrons. The molecule has 72 heavy (non-hydrogen) atoms. The van der Waals surface area contributed by atoms with E-state index in [2.05, 4.69) is 225 Å². The number of rotatable bonds is 5. The van der Waals surface area contributed by atoms with Crippen LogP contribution in [-0.2, 0) is 21.7 Å². The van der Waals surface area contributed by atoms with Crippen LogP contribution in [0.1, 0.15) is 104 Å². The summed E-state index contributed by atoms with van der Waals surface area (Å²) in [6.07, 6.45) is 2.25. The summed E-state index contributed by atoms with van der Waals surface area (Å²) < 4.78 is 21.2. The van der Waals surface area contributed by atoms with Crippen molar-refractivity contribution >= 4 is 102 Å². The van der Waals surface area contributed by atoms with E-state index in [1.807, 2.05) is 6.07 Å². The molecular formula is C66H61BN2O3. The second-order valence-electron chi connectivity index (χ2n) is 24.0. The van der Waals surface area contributed by atoms with Crippen molar-refractivity contribution in [1.29, 1.82) is 0 Å². The Hall–Kier alpha value is -7.44. The van der Waals surface area contributed by atoms with E-state index in [4.69, 9.17) is 13.3 Å². The Morgan fingerprint density at radius 2 is 1.11 bits per heavy atom. The molecule has 1 N–H and O–H groups in total. The third kappa shape index (κ3) is 6.89. The van der Waals surface area contributed by atoms with Gasteiger partial charge in [0.1, 0.15) is 27.9 Å². The minimum Gasteiger partial charge on any atom is -0.469 e. The maximum atomic E-state index is 7.41. The Balaban J connectivity index is 1.17. The molecular weight excluding hydrogens is 880 g/mol. The fraction of sp³-hybridized carbons (Fsp3) is 0.242. The number of benzene rings is 8. The average molecular weight is 941 g/mol. The van der Waals surface area contributed by atoms with E-state index < -0.39 is 0 Å². The van der Waals surface area contributed by atoms with E-state index in [1.54, 1.807) is 0 Å². The van der Waals surface area contributed by atoms with Gasteiger partial charge in [-0.25, -0.2) is 0 Å². The van der Waals surface area contributed by atoms with Crippen LogP contribution in [-0.4, -0.2) is 7.28 Å². The molecule has 0 saturated heterocycles. The summed E-state index contributed by atoms with van der Waals surface area (Å²) in [5.74, 6) is 0. The van der Waals surface area contributed by atoms with Crippen molar-refractivity contribution < 1.29 is 13.3 Å². The third-order valence-corrected chi connectivity index (χ3v) is 16.3. The molecule has 6 heteroatoms. The third-order valence-electron chi connectivity index (χ3n) is 16.3. The van der Waals surface area contributed by atoms with Crippen LogP contribution in [0.4, 0.5) is 28.4 Å². The van der Waals surface area contributed by atoms with Crippen LogP contribution < -0.4 is 21.3 Å². The predicted octanol–water partition coefficient (Wildman–Crippen LogP) is 17.4. The van der Waals surface area contributed by atoms with Gasteiger partial charge in [-0.05, 0) is 134 Å². The molecule has 8 aromatic carbocycles. The number of fused-ring (bicyclic) bond motifs is 11. The zero-order valence-corrected chi connectivity index (χ0v) is 43.2. The first kappa shape index (κ1) is 44.5. The van der Waals surface area contributed by atoms with Crippen molar-refractivity contribution in [3.63, 3.8) is 0 Å². The summed E-state index contributed by atoms with van der Waals surface area (Å²) in [6, 6.07) is 55.5. The number of nitrogens with zero attached hydrogens (tertiary/aromatic N) is 1. The first-order valence-electron chi connectivity index (χ1n) is 25.8. The van der Waals surface area contributed by atoms with Crippen molar-refractivity contribution in [2.45, 2.75) is 104 Å². The Morgan fingerprint density at radius 1 is 0.500 bits per heavy atom. The van der Waals surface area contributed by atoms with E-state index in [-0.39, 0.29) is 21.7 Å². The number of nitrogens with one attached hydrogen (secondary N) is 1. The van der Waals surface area contributed by atoms with Crippen molar-refractivity contribution in [2.24, 2.45) is 0 Å². The Labute approximate surface area is 423 Å². The summed E-state index contributed by atoms with van der Waals surface area (Å²) >= 11 is 0. The molecule has 1 aliphatic carbocycles. The van der Waals surface area contributed by atoms with Gasteiger partial charge in [0.25, 0.3) is 0 Å². The van der Waals surface area contributed by atoms with Crippen LogP contribution in [0, 0.1) is 0 Å². The normalized spacial score (nSPS) is 15.3. The van der Waals surface area contributed by atoms with Crippen LogP contribution in [0.2, 0.25) is 0 Å². The van der Waals surface area contributed by atoms with Gasteiger partial charge < -0.3 is 23.5 Å². The van der Waals surface area contributed by atoms with Crippen molar-refractivity contribution in [1.82, 2.24) is 0 Å². The quantitative estimate of drug-likeness (QED) is 0.174. The maximum Gasteiger partial charge on any atom is 0.244 e. The molecule has 0 radical (unpaired) electrons. The average Bonchev–Trinajstić information content (AvgIpc) is 4.05. The van der Waals surface area contributed by atoms with Gasteiger partial charge in [-0.2, -0.15) is 0 Å². The lowest BCUT2D eigenvalue weighted by Crippen LogP contribution is -2.40. The molecule has 2 aliphatic rings. The minimum absolute atomic E-state index is 0.00410. The van der Waals surface area contributed by atoms with Crippen molar-refractivity contribution in [2.75, 3.05) is 10.2 Å². The van der Waals surface area contributed by atoms with Crippen LogP contribution in [0.5, 0.6) is 0 Å². The Bertz CT molecular complexity index is 4000. The first-order chi connectivity index (χ1) is 34.4. The molecule has 0 amide bonds. The number of para-hydroxylation sites is 2. The van der Waals surface area contributed by atoms with Crippen molar-refractivity contribution in [3.05, 3.63) is 174 Å². The monoisotopic (exact) mass is 940 g/mol. The predicted molar refractivity (Wildman–Crippen MR) is 305 cm³/mol. The highest BCUT2D eigenvalue weighted by molar-refractivity contribution is 6.73. The summed E-state index contributed by atoms with van der Waals surface area (Å²) in [5, 5.41) is 9.42. The van der Waals surface area contributed by atoms with Gasteiger partial charge in [0, 0.05) is 50.1 Å². The summed E-state index contributed by atoms with van der Waals surface area (Å²) in [4.78, 5) is 2.53. The smallest absolute Gasteiger partial charge is 0.244 e. The molecule has 0 spiro atoms.